The van der Waals surface area contributed by atoms with Gasteiger partial charge in [-0.15, -0.1) is 0 Å². The number of carboxylic acid groups (broad SMARTS) is 2. The predicted octanol–water partition coefficient (Wildman–Crippen LogP) is 0.381. The van der Waals surface area contributed by atoms with Crippen LogP contribution in [0.25, 0.3) is 0 Å². The van der Waals surface area contributed by atoms with Crippen LogP contribution in [0.3, 0.4) is 0 Å². The van der Waals surface area contributed by atoms with Gasteiger partial charge in [0.05, 0.1) is 0 Å². The second-order valence-corrected chi connectivity index (χ2v) is 4.22. The lowest BCUT2D eigenvalue weighted by molar-refractivity contribution is -0.140. The number of hydrogen-bond donors (Lipinski definition) is 3. The molecule has 0 fully saturated rings. The van der Waals surface area contributed by atoms with Crippen molar-refractivity contribution < 1.29 is 24.6 Å². The number of aliphatic carboxylic acids is 2. The zero-order chi connectivity index (χ0) is 14.6. The van der Waals surface area contributed by atoms with Crippen molar-refractivity contribution in [1.82, 2.24) is 9.88 Å². The van der Waals surface area contributed by atoms with Crippen molar-refractivity contribution in [3.63, 3.8) is 0 Å². The summed E-state index contributed by atoms with van der Waals surface area (Å²) in [6, 6.07) is 2.11. The molecule has 0 aliphatic rings. The Labute approximate surface area is 109 Å². The highest BCUT2D eigenvalue weighted by molar-refractivity contribution is 5.95. The molecule has 19 heavy (non-hydrogen) atoms. The van der Waals surface area contributed by atoms with Gasteiger partial charge in [0, 0.05) is 19.2 Å². The largest absolute Gasteiger partial charge is 0.481 e. The summed E-state index contributed by atoms with van der Waals surface area (Å²) in [4.78, 5) is 33.3. The number of carbonyl (C=O) groups excluding carboxylic acids is 1. The van der Waals surface area contributed by atoms with Crippen molar-refractivity contribution in [2.24, 2.45) is 7.05 Å². The lowest BCUT2D eigenvalue weighted by atomic mass is 10.1. The minimum atomic E-state index is -1.25. The third kappa shape index (κ3) is 3.84. The quantitative estimate of drug-likeness (QED) is 0.691. The first-order valence-electron chi connectivity index (χ1n) is 5.70. The average molecular weight is 268 g/mol. The highest BCUT2D eigenvalue weighted by Gasteiger charge is 2.22. The molecule has 0 unspecified atom stereocenters. The predicted molar refractivity (Wildman–Crippen MR) is 65.9 cm³/mol. The van der Waals surface area contributed by atoms with E-state index >= 15 is 0 Å². The van der Waals surface area contributed by atoms with E-state index in [-0.39, 0.29) is 12.8 Å². The maximum atomic E-state index is 11.9. The summed E-state index contributed by atoms with van der Waals surface area (Å²) in [5, 5.41) is 19.8. The topological polar surface area (TPSA) is 109 Å². The summed E-state index contributed by atoms with van der Waals surface area (Å²) in [5.74, 6) is -2.89. The van der Waals surface area contributed by atoms with Crippen LogP contribution in [0, 0.1) is 6.92 Å². The molecule has 0 saturated carbocycles. The van der Waals surface area contributed by atoms with E-state index in [0.717, 1.165) is 5.69 Å². The third-order valence-corrected chi connectivity index (χ3v) is 2.86. The molecular weight excluding hydrogens is 252 g/mol. The molecule has 7 nitrogen and oxygen atoms in total. The van der Waals surface area contributed by atoms with Crippen LogP contribution in [0.1, 0.15) is 29.0 Å². The van der Waals surface area contributed by atoms with Gasteiger partial charge in [-0.2, -0.15) is 0 Å². The number of aromatic nitrogens is 1. The van der Waals surface area contributed by atoms with Gasteiger partial charge in [0.25, 0.3) is 5.91 Å². The molecule has 3 N–H and O–H groups in total. The number of aryl methyl sites for hydroxylation is 1. The Hall–Kier alpha value is -2.31. The summed E-state index contributed by atoms with van der Waals surface area (Å²) >= 11 is 0. The van der Waals surface area contributed by atoms with Crippen LogP contribution in [0.5, 0.6) is 0 Å². The van der Waals surface area contributed by atoms with E-state index in [1.54, 1.807) is 23.7 Å². The summed E-state index contributed by atoms with van der Waals surface area (Å²) in [6.45, 7) is 1.82. The van der Waals surface area contributed by atoms with Gasteiger partial charge in [0.15, 0.2) is 0 Å². The molecule has 1 aromatic rings. The zero-order valence-corrected chi connectivity index (χ0v) is 10.7. The van der Waals surface area contributed by atoms with E-state index in [0.29, 0.717) is 5.69 Å². The number of rotatable bonds is 6. The molecule has 104 valence electrons. The number of nitrogens with zero attached hydrogens (tertiary/aromatic N) is 1. The number of nitrogens with one attached hydrogen (secondary N) is 1. The molecule has 0 radical (unpaired) electrons. The van der Waals surface area contributed by atoms with Crippen LogP contribution in [-0.2, 0) is 16.6 Å². The van der Waals surface area contributed by atoms with Gasteiger partial charge in [-0.1, -0.05) is 0 Å². The monoisotopic (exact) mass is 268 g/mol. The van der Waals surface area contributed by atoms with E-state index in [4.69, 9.17) is 10.2 Å². The second-order valence-electron chi connectivity index (χ2n) is 4.22. The molecule has 1 heterocycles. The van der Waals surface area contributed by atoms with Crippen LogP contribution in [-0.4, -0.2) is 38.7 Å². The number of carboxylic acids is 2. The van der Waals surface area contributed by atoms with Gasteiger partial charge in [0.2, 0.25) is 0 Å². The number of amides is 1. The Morgan fingerprint density at radius 1 is 1.32 bits per heavy atom. The Balaban J connectivity index is 2.74. The Morgan fingerprint density at radius 3 is 2.37 bits per heavy atom. The van der Waals surface area contributed by atoms with Crippen LogP contribution >= 0.6 is 0 Å². The Morgan fingerprint density at radius 2 is 1.95 bits per heavy atom. The van der Waals surface area contributed by atoms with E-state index in [9.17, 15) is 14.4 Å². The van der Waals surface area contributed by atoms with Crippen LogP contribution in [0.4, 0.5) is 0 Å². The summed E-state index contributed by atoms with van der Waals surface area (Å²) in [7, 11) is 1.69. The molecule has 1 aromatic heterocycles. The first-order valence-corrected chi connectivity index (χ1v) is 5.70. The van der Waals surface area contributed by atoms with Crippen molar-refractivity contribution in [2.45, 2.75) is 25.8 Å². The molecule has 1 rings (SSSR count). The molecular formula is C12H16N2O5. The standard InChI is InChI=1S/C12H16N2O5/c1-7-3-5-9(14(7)2)11(17)13-8(12(18)19)4-6-10(15)16/h3,5,8H,4,6H2,1-2H3,(H,13,17)(H,15,16)(H,18,19)/t8-/m0/s1. The van der Waals surface area contributed by atoms with Gasteiger partial charge in [0.1, 0.15) is 11.7 Å². The lowest BCUT2D eigenvalue weighted by Crippen LogP contribution is -2.41. The number of hydrogen-bond acceptors (Lipinski definition) is 3. The highest BCUT2D eigenvalue weighted by Crippen LogP contribution is 2.07. The summed E-state index contributed by atoms with van der Waals surface area (Å²) in [5.41, 5.74) is 1.20. The Bertz CT molecular complexity index is 506. The molecule has 0 spiro atoms. The van der Waals surface area contributed by atoms with Crippen molar-refractivity contribution in [3.8, 4) is 0 Å². The second kappa shape index (κ2) is 6.03. The molecule has 7 heteroatoms. The summed E-state index contributed by atoms with van der Waals surface area (Å²) in [6.07, 6.45) is -0.469. The average Bonchev–Trinajstić information content (AvgIpc) is 2.64. The maximum absolute atomic E-state index is 11.9. The van der Waals surface area contributed by atoms with Crippen molar-refractivity contribution in [1.29, 1.82) is 0 Å². The SMILES string of the molecule is Cc1ccc(C(=O)N[C@@H](CCC(=O)O)C(=O)O)n1C. The fraction of sp³-hybridized carbons (Fsp3) is 0.417. The minimum absolute atomic E-state index is 0.153. The molecule has 0 aromatic carbocycles. The molecule has 1 amide bonds. The molecule has 1 atom stereocenters. The van der Waals surface area contributed by atoms with E-state index in [2.05, 4.69) is 5.32 Å². The fourth-order valence-corrected chi connectivity index (χ4v) is 1.60. The smallest absolute Gasteiger partial charge is 0.326 e. The maximum Gasteiger partial charge on any atom is 0.326 e. The van der Waals surface area contributed by atoms with Crippen LogP contribution in [0.2, 0.25) is 0 Å². The van der Waals surface area contributed by atoms with Gasteiger partial charge in [-0.05, 0) is 25.5 Å². The van der Waals surface area contributed by atoms with Crippen LogP contribution in [0.15, 0.2) is 12.1 Å². The highest BCUT2D eigenvalue weighted by atomic mass is 16.4. The first kappa shape index (κ1) is 14.7. The summed E-state index contributed by atoms with van der Waals surface area (Å²) < 4.78 is 1.63. The zero-order valence-electron chi connectivity index (χ0n) is 10.7. The van der Waals surface area contributed by atoms with Crippen molar-refractivity contribution in [3.05, 3.63) is 23.5 Å². The first-order chi connectivity index (χ1) is 8.82. The number of carbonyl (C=O) groups is 3. The molecule has 0 saturated heterocycles. The van der Waals surface area contributed by atoms with Gasteiger partial charge in [-0.25, -0.2) is 4.79 Å². The van der Waals surface area contributed by atoms with Gasteiger partial charge in [-0.3, -0.25) is 9.59 Å². The van der Waals surface area contributed by atoms with Crippen molar-refractivity contribution >= 4 is 17.8 Å². The van der Waals surface area contributed by atoms with E-state index in [1.165, 1.54) is 0 Å². The molecule has 0 aliphatic heterocycles. The van der Waals surface area contributed by atoms with Gasteiger partial charge < -0.3 is 20.1 Å². The Kier molecular flexibility index (Phi) is 4.68. The van der Waals surface area contributed by atoms with E-state index < -0.39 is 23.9 Å². The van der Waals surface area contributed by atoms with Gasteiger partial charge >= 0.3 is 11.9 Å². The third-order valence-electron chi connectivity index (χ3n) is 2.86. The normalized spacial score (nSPS) is 11.9. The molecule has 0 bridgehead atoms. The lowest BCUT2D eigenvalue weighted by Gasteiger charge is -2.14. The molecule has 0 aliphatic carbocycles. The van der Waals surface area contributed by atoms with Crippen LogP contribution < -0.4 is 5.32 Å². The fourth-order valence-electron chi connectivity index (χ4n) is 1.60. The van der Waals surface area contributed by atoms with E-state index in [1.807, 2.05) is 6.92 Å². The van der Waals surface area contributed by atoms with Crippen molar-refractivity contribution in [2.75, 3.05) is 0 Å². The minimum Gasteiger partial charge on any atom is -0.481 e.